The lowest BCUT2D eigenvalue weighted by Gasteiger charge is -2.22. The second-order valence-electron chi connectivity index (χ2n) is 3.51. The van der Waals surface area contributed by atoms with Gasteiger partial charge in [-0.05, 0) is 20.3 Å². The fourth-order valence-electron chi connectivity index (χ4n) is 0.799. The highest BCUT2D eigenvalue weighted by atomic mass is 32.2. The van der Waals surface area contributed by atoms with Crippen molar-refractivity contribution in [1.82, 2.24) is 0 Å². The molecular weight excluding hydrogens is 192 g/mol. The van der Waals surface area contributed by atoms with Crippen LogP contribution in [0.2, 0.25) is 0 Å². The first-order chi connectivity index (χ1) is 5.77. The Morgan fingerprint density at radius 3 is 2.38 bits per heavy atom. The van der Waals surface area contributed by atoms with Crippen molar-refractivity contribution in [2.75, 3.05) is 25.2 Å². The number of hydrogen-bond acceptors (Lipinski definition) is 4. The van der Waals surface area contributed by atoms with Gasteiger partial charge in [-0.2, -0.15) is 0 Å². The number of rotatable bonds is 6. The molecule has 0 rings (SSSR count). The Bertz CT molecular complexity index is 231. The molecule has 0 aliphatic heterocycles. The van der Waals surface area contributed by atoms with E-state index in [0.29, 0.717) is 6.61 Å². The predicted octanol–water partition coefficient (Wildman–Crippen LogP) is 0.209. The van der Waals surface area contributed by atoms with Gasteiger partial charge in [-0.15, -0.1) is 0 Å². The second kappa shape index (κ2) is 4.93. The third-order valence-electron chi connectivity index (χ3n) is 1.63. The molecule has 0 aliphatic rings. The van der Waals surface area contributed by atoms with Gasteiger partial charge in [0.25, 0.3) is 0 Å². The standard InChI is InChI=1S/C8H18O4S/c1-4-12-7-8(2,9)5-6-13(3,10)11/h9H,4-7H2,1-3H3. The molecule has 0 aromatic heterocycles. The molecule has 13 heavy (non-hydrogen) atoms. The summed E-state index contributed by atoms with van der Waals surface area (Å²) in [6.07, 6.45) is 1.37. The number of ether oxygens (including phenoxy) is 1. The Morgan fingerprint density at radius 1 is 1.46 bits per heavy atom. The molecule has 0 aromatic carbocycles. The molecule has 0 heterocycles. The highest BCUT2D eigenvalue weighted by Gasteiger charge is 2.22. The molecule has 80 valence electrons. The van der Waals surface area contributed by atoms with Crippen LogP contribution in [0.1, 0.15) is 20.3 Å². The molecule has 1 N–H and O–H groups in total. The quantitative estimate of drug-likeness (QED) is 0.680. The summed E-state index contributed by atoms with van der Waals surface area (Å²) in [5.74, 6) is -0.00687. The van der Waals surface area contributed by atoms with E-state index in [4.69, 9.17) is 4.74 Å². The van der Waals surface area contributed by atoms with E-state index in [1.807, 2.05) is 6.92 Å². The van der Waals surface area contributed by atoms with Crippen molar-refractivity contribution in [3.05, 3.63) is 0 Å². The first-order valence-electron chi connectivity index (χ1n) is 4.25. The second-order valence-corrected chi connectivity index (χ2v) is 5.77. The van der Waals surface area contributed by atoms with Crippen LogP contribution < -0.4 is 0 Å². The topological polar surface area (TPSA) is 63.6 Å². The van der Waals surface area contributed by atoms with Crippen LogP contribution in [0.15, 0.2) is 0 Å². The van der Waals surface area contributed by atoms with Crippen molar-refractivity contribution in [1.29, 1.82) is 0 Å². The smallest absolute Gasteiger partial charge is 0.147 e. The summed E-state index contributed by atoms with van der Waals surface area (Å²) in [5, 5.41) is 9.62. The minimum absolute atomic E-state index is 0.00687. The van der Waals surface area contributed by atoms with E-state index in [1.165, 1.54) is 0 Å². The summed E-state index contributed by atoms with van der Waals surface area (Å²) < 4.78 is 26.6. The van der Waals surface area contributed by atoms with Gasteiger partial charge in [0.05, 0.1) is 18.0 Å². The third-order valence-corrected chi connectivity index (χ3v) is 2.57. The van der Waals surface area contributed by atoms with E-state index in [0.717, 1.165) is 6.26 Å². The largest absolute Gasteiger partial charge is 0.388 e. The Labute approximate surface area is 79.8 Å². The molecule has 0 bridgehead atoms. The zero-order chi connectivity index (χ0) is 10.5. The van der Waals surface area contributed by atoms with Gasteiger partial charge in [-0.25, -0.2) is 8.42 Å². The van der Waals surface area contributed by atoms with Gasteiger partial charge < -0.3 is 9.84 Å². The number of hydrogen-bond donors (Lipinski definition) is 1. The Balaban J connectivity index is 3.89. The van der Waals surface area contributed by atoms with Crippen LogP contribution in [0.25, 0.3) is 0 Å². The van der Waals surface area contributed by atoms with E-state index >= 15 is 0 Å². The molecule has 0 radical (unpaired) electrons. The summed E-state index contributed by atoms with van der Waals surface area (Å²) in [6, 6.07) is 0. The monoisotopic (exact) mass is 210 g/mol. The third kappa shape index (κ3) is 8.21. The van der Waals surface area contributed by atoms with Gasteiger partial charge in [-0.3, -0.25) is 0 Å². The molecule has 0 fully saturated rings. The maximum Gasteiger partial charge on any atom is 0.147 e. The van der Waals surface area contributed by atoms with Crippen LogP contribution in [0.4, 0.5) is 0 Å². The van der Waals surface area contributed by atoms with Gasteiger partial charge in [-0.1, -0.05) is 0 Å². The van der Waals surface area contributed by atoms with Gasteiger partial charge in [0, 0.05) is 12.9 Å². The highest BCUT2D eigenvalue weighted by molar-refractivity contribution is 7.90. The van der Waals surface area contributed by atoms with Gasteiger partial charge >= 0.3 is 0 Å². The van der Waals surface area contributed by atoms with E-state index in [9.17, 15) is 13.5 Å². The van der Waals surface area contributed by atoms with E-state index in [1.54, 1.807) is 6.92 Å². The van der Waals surface area contributed by atoms with Crippen molar-refractivity contribution in [3.63, 3.8) is 0 Å². The lowest BCUT2D eigenvalue weighted by atomic mass is 10.1. The van der Waals surface area contributed by atoms with E-state index < -0.39 is 15.4 Å². The molecule has 1 unspecified atom stereocenters. The maximum absolute atomic E-state index is 10.8. The van der Waals surface area contributed by atoms with Crippen LogP contribution in [0, 0.1) is 0 Å². The van der Waals surface area contributed by atoms with Crippen molar-refractivity contribution >= 4 is 9.84 Å². The number of aliphatic hydroxyl groups is 1. The Hall–Kier alpha value is -0.130. The van der Waals surface area contributed by atoms with Crippen LogP contribution >= 0.6 is 0 Å². The Kier molecular flexibility index (Phi) is 4.88. The Morgan fingerprint density at radius 2 is 2.00 bits per heavy atom. The maximum atomic E-state index is 10.8. The molecule has 0 saturated carbocycles. The molecule has 0 aliphatic carbocycles. The van der Waals surface area contributed by atoms with Crippen molar-refractivity contribution in [2.24, 2.45) is 0 Å². The summed E-state index contributed by atoms with van der Waals surface area (Å²) in [6.45, 7) is 4.11. The molecule has 0 spiro atoms. The molecule has 4 nitrogen and oxygen atoms in total. The normalized spacial score (nSPS) is 16.9. The van der Waals surface area contributed by atoms with Gasteiger partial charge in [0.2, 0.25) is 0 Å². The first-order valence-corrected chi connectivity index (χ1v) is 6.31. The molecule has 1 atom stereocenters. The molecular formula is C8H18O4S. The summed E-state index contributed by atoms with van der Waals surface area (Å²) in [4.78, 5) is 0. The van der Waals surface area contributed by atoms with Crippen LogP contribution in [0.5, 0.6) is 0 Å². The van der Waals surface area contributed by atoms with E-state index in [2.05, 4.69) is 0 Å². The molecule has 0 aromatic rings. The predicted molar refractivity (Wildman–Crippen MR) is 51.4 cm³/mol. The zero-order valence-electron chi connectivity index (χ0n) is 8.41. The highest BCUT2D eigenvalue weighted by Crippen LogP contribution is 2.10. The lowest BCUT2D eigenvalue weighted by Crippen LogP contribution is -2.33. The van der Waals surface area contributed by atoms with Crippen LogP contribution in [0.3, 0.4) is 0 Å². The van der Waals surface area contributed by atoms with Gasteiger partial charge in [0.1, 0.15) is 9.84 Å². The fourth-order valence-corrected chi connectivity index (χ4v) is 1.61. The van der Waals surface area contributed by atoms with Crippen molar-refractivity contribution in [2.45, 2.75) is 25.9 Å². The molecule has 5 heteroatoms. The lowest BCUT2D eigenvalue weighted by molar-refractivity contribution is -0.0318. The summed E-state index contributed by atoms with van der Waals surface area (Å²) >= 11 is 0. The van der Waals surface area contributed by atoms with Crippen LogP contribution in [-0.2, 0) is 14.6 Å². The average Bonchev–Trinajstić information content (AvgIpc) is 1.97. The minimum atomic E-state index is -3.00. The van der Waals surface area contributed by atoms with Crippen molar-refractivity contribution < 1.29 is 18.3 Å². The zero-order valence-corrected chi connectivity index (χ0v) is 9.23. The van der Waals surface area contributed by atoms with Crippen LogP contribution in [-0.4, -0.2) is 44.3 Å². The van der Waals surface area contributed by atoms with E-state index in [-0.39, 0.29) is 18.8 Å². The van der Waals surface area contributed by atoms with Crippen molar-refractivity contribution in [3.8, 4) is 0 Å². The minimum Gasteiger partial charge on any atom is -0.388 e. The van der Waals surface area contributed by atoms with Gasteiger partial charge in [0.15, 0.2) is 0 Å². The summed E-state index contributed by atoms with van der Waals surface area (Å²) in [7, 11) is -3.00. The summed E-state index contributed by atoms with van der Waals surface area (Å²) in [5.41, 5.74) is -1.04. The average molecular weight is 210 g/mol. The number of sulfone groups is 1. The first kappa shape index (κ1) is 12.9. The fraction of sp³-hybridized carbons (Fsp3) is 1.00. The SMILES string of the molecule is CCOCC(C)(O)CCS(C)(=O)=O. The molecule has 0 saturated heterocycles. The molecule has 0 amide bonds.